The normalized spacial score (nSPS) is 11.1. The van der Waals surface area contributed by atoms with E-state index in [1.807, 2.05) is 27.0 Å². The van der Waals surface area contributed by atoms with E-state index in [0.717, 1.165) is 5.70 Å². The fourth-order valence-corrected chi connectivity index (χ4v) is 0.371. The zero-order chi connectivity index (χ0) is 6.57. The number of allylic oxidation sites excluding steroid dienone is 2. The van der Waals surface area contributed by atoms with Crippen molar-refractivity contribution in [3.63, 3.8) is 0 Å². The standard InChI is InChI=1S/C7H13N/c1-5-6(2)7(3)8-4/h5,8H,3H2,1-2,4H3/b6-5-. The number of rotatable bonds is 2. The van der Waals surface area contributed by atoms with Crippen LogP contribution in [0.4, 0.5) is 0 Å². The Hall–Kier alpha value is -0.720. The van der Waals surface area contributed by atoms with Crippen LogP contribution in [0.5, 0.6) is 0 Å². The largest absolute Gasteiger partial charge is 0.388 e. The molecule has 1 N–H and O–H groups in total. The predicted octanol–water partition coefficient (Wildman–Crippen LogP) is 1.69. The van der Waals surface area contributed by atoms with Crippen LogP contribution in [-0.2, 0) is 0 Å². The Labute approximate surface area is 51.1 Å². The molecule has 1 heteroatoms. The second kappa shape index (κ2) is 3.30. The van der Waals surface area contributed by atoms with Crippen LogP contribution in [0.2, 0.25) is 0 Å². The van der Waals surface area contributed by atoms with Gasteiger partial charge in [-0.3, -0.25) is 0 Å². The summed E-state index contributed by atoms with van der Waals surface area (Å²) in [6.07, 6.45) is 2.03. The van der Waals surface area contributed by atoms with E-state index < -0.39 is 0 Å². The third-order valence-electron chi connectivity index (χ3n) is 1.21. The van der Waals surface area contributed by atoms with Crippen LogP contribution in [0.25, 0.3) is 0 Å². The highest BCUT2D eigenvalue weighted by Crippen LogP contribution is 1.99. The van der Waals surface area contributed by atoms with Gasteiger partial charge in [0.05, 0.1) is 0 Å². The molecular weight excluding hydrogens is 98.1 g/mol. The van der Waals surface area contributed by atoms with Gasteiger partial charge < -0.3 is 5.32 Å². The summed E-state index contributed by atoms with van der Waals surface area (Å²) in [6, 6.07) is 0. The summed E-state index contributed by atoms with van der Waals surface area (Å²) in [5, 5.41) is 2.95. The molecule has 0 fully saturated rings. The van der Waals surface area contributed by atoms with Gasteiger partial charge in [-0.1, -0.05) is 12.7 Å². The van der Waals surface area contributed by atoms with Crippen molar-refractivity contribution in [1.29, 1.82) is 0 Å². The molecule has 0 aromatic carbocycles. The van der Waals surface area contributed by atoms with E-state index in [2.05, 4.69) is 11.9 Å². The SMILES string of the molecule is C=C(NC)/C(C)=C\C. The molecule has 0 aromatic rings. The maximum absolute atomic E-state index is 3.76. The minimum atomic E-state index is 0.993. The lowest BCUT2D eigenvalue weighted by molar-refractivity contribution is 1.00. The minimum absolute atomic E-state index is 0.993. The Morgan fingerprint density at radius 1 is 1.62 bits per heavy atom. The molecule has 0 heterocycles. The van der Waals surface area contributed by atoms with Crippen molar-refractivity contribution in [1.82, 2.24) is 5.32 Å². The number of hydrogen-bond donors (Lipinski definition) is 1. The molecule has 0 spiro atoms. The topological polar surface area (TPSA) is 12.0 Å². The van der Waals surface area contributed by atoms with Crippen LogP contribution in [0.1, 0.15) is 13.8 Å². The lowest BCUT2D eigenvalue weighted by Gasteiger charge is -2.01. The molecule has 0 aromatic heterocycles. The Morgan fingerprint density at radius 2 is 2.12 bits per heavy atom. The molecule has 0 bridgehead atoms. The number of hydrogen-bond acceptors (Lipinski definition) is 1. The van der Waals surface area contributed by atoms with Crippen molar-refractivity contribution in [3.05, 3.63) is 23.9 Å². The van der Waals surface area contributed by atoms with Gasteiger partial charge in [0, 0.05) is 12.7 Å². The van der Waals surface area contributed by atoms with Gasteiger partial charge in [0.2, 0.25) is 0 Å². The van der Waals surface area contributed by atoms with Gasteiger partial charge in [0.1, 0.15) is 0 Å². The smallest absolute Gasteiger partial charge is 0.0290 e. The van der Waals surface area contributed by atoms with E-state index in [0.29, 0.717) is 0 Å². The quantitative estimate of drug-likeness (QED) is 0.535. The first-order valence-corrected chi connectivity index (χ1v) is 2.72. The van der Waals surface area contributed by atoms with Crippen molar-refractivity contribution < 1.29 is 0 Å². The van der Waals surface area contributed by atoms with Crippen LogP contribution in [-0.4, -0.2) is 7.05 Å². The van der Waals surface area contributed by atoms with Crippen molar-refractivity contribution in [2.75, 3.05) is 7.05 Å². The summed E-state index contributed by atoms with van der Waals surface area (Å²) in [5.74, 6) is 0. The van der Waals surface area contributed by atoms with Gasteiger partial charge >= 0.3 is 0 Å². The first kappa shape index (κ1) is 7.28. The summed E-state index contributed by atoms with van der Waals surface area (Å²) < 4.78 is 0. The van der Waals surface area contributed by atoms with Crippen LogP contribution in [0.3, 0.4) is 0 Å². The third kappa shape index (κ3) is 1.82. The molecule has 0 aliphatic carbocycles. The number of likely N-dealkylation sites (N-methyl/N-ethyl adjacent to an activating group) is 1. The van der Waals surface area contributed by atoms with E-state index in [9.17, 15) is 0 Å². The minimum Gasteiger partial charge on any atom is -0.388 e. The van der Waals surface area contributed by atoms with Gasteiger partial charge in [-0.05, 0) is 19.4 Å². The van der Waals surface area contributed by atoms with Crippen molar-refractivity contribution in [2.24, 2.45) is 0 Å². The molecule has 0 amide bonds. The van der Waals surface area contributed by atoms with Crippen LogP contribution in [0, 0.1) is 0 Å². The van der Waals surface area contributed by atoms with E-state index in [1.54, 1.807) is 0 Å². The highest BCUT2D eigenvalue weighted by Gasteiger charge is 1.86. The maximum Gasteiger partial charge on any atom is 0.0290 e. The molecule has 8 heavy (non-hydrogen) atoms. The number of nitrogens with one attached hydrogen (secondary N) is 1. The van der Waals surface area contributed by atoms with Crippen molar-refractivity contribution in [3.8, 4) is 0 Å². The first-order chi connectivity index (χ1) is 3.72. The van der Waals surface area contributed by atoms with Gasteiger partial charge in [-0.15, -0.1) is 0 Å². The molecule has 0 unspecified atom stereocenters. The molecule has 0 radical (unpaired) electrons. The zero-order valence-corrected chi connectivity index (χ0v) is 5.78. The lowest BCUT2D eigenvalue weighted by Crippen LogP contribution is -2.04. The third-order valence-corrected chi connectivity index (χ3v) is 1.21. The highest BCUT2D eigenvalue weighted by molar-refractivity contribution is 5.22. The first-order valence-electron chi connectivity index (χ1n) is 2.72. The summed E-state index contributed by atoms with van der Waals surface area (Å²) in [5.41, 5.74) is 2.19. The highest BCUT2D eigenvalue weighted by atomic mass is 14.8. The molecule has 0 saturated heterocycles. The fourth-order valence-electron chi connectivity index (χ4n) is 0.371. The second-order valence-corrected chi connectivity index (χ2v) is 1.70. The van der Waals surface area contributed by atoms with E-state index in [4.69, 9.17) is 0 Å². The van der Waals surface area contributed by atoms with E-state index >= 15 is 0 Å². The molecule has 0 aliphatic rings. The Morgan fingerprint density at radius 3 is 2.25 bits per heavy atom. The van der Waals surface area contributed by atoms with Gasteiger partial charge in [-0.2, -0.15) is 0 Å². The maximum atomic E-state index is 3.76. The molecule has 0 rings (SSSR count). The molecule has 0 aliphatic heterocycles. The lowest BCUT2D eigenvalue weighted by atomic mass is 10.2. The molecular formula is C7H13N. The second-order valence-electron chi connectivity index (χ2n) is 1.70. The summed E-state index contributed by atoms with van der Waals surface area (Å²) >= 11 is 0. The van der Waals surface area contributed by atoms with E-state index in [1.165, 1.54) is 5.57 Å². The average Bonchev–Trinajstić information content (AvgIpc) is 1.84. The Kier molecular flexibility index (Phi) is 3.01. The summed E-state index contributed by atoms with van der Waals surface area (Å²) in [6.45, 7) is 7.79. The molecule has 46 valence electrons. The van der Waals surface area contributed by atoms with Gasteiger partial charge in [0.25, 0.3) is 0 Å². The van der Waals surface area contributed by atoms with Gasteiger partial charge in [0.15, 0.2) is 0 Å². The van der Waals surface area contributed by atoms with E-state index in [-0.39, 0.29) is 0 Å². The Bertz CT molecular complexity index is 112. The van der Waals surface area contributed by atoms with Crippen molar-refractivity contribution in [2.45, 2.75) is 13.8 Å². The fraction of sp³-hybridized carbons (Fsp3) is 0.429. The Balaban J connectivity index is 3.83. The van der Waals surface area contributed by atoms with Crippen LogP contribution in [0.15, 0.2) is 23.9 Å². The monoisotopic (exact) mass is 111 g/mol. The molecule has 0 atom stereocenters. The van der Waals surface area contributed by atoms with Crippen LogP contribution < -0.4 is 5.32 Å². The van der Waals surface area contributed by atoms with Crippen LogP contribution >= 0.6 is 0 Å². The predicted molar refractivity (Wildman–Crippen MR) is 37.6 cm³/mol. The summed E-state index contributed by atoms with van der Waals surface area (Å²) in [7, 11) is 1.87. The average molecular weight is 111 g/mol. The zero-order valence-electron chi connectivity index (χ0n) is 5.78. The van der Waals surface area contributed by atoms with Gasteiger partial charge in [-0.25, -0.2) is 0 Å². The molecule has 1 nitrogen and oxygen atoms in total. The van der Waals surface area contributed by atoms with Crippen molar-refractivity contribution >= 4 is 0 Å². The summed E-state index contributed by atoms with van der Waals surface area (Å²) in [4.78, 5) is 0. The molecule has 0 saturated carbocycles.